The fraction of sp³-hybridized carbons (Fsp3) is 0.417. The minimum Gasteiger partial charge on any atom is -0.322 e. The summed E-state index contributed by atoms with van der Waals surface area (Å²) >= 11 is 0. The van der Waals surface area contributed by atoms with Crippen molar-refractivity contribution in [2.24, 2.45) is 0 Å². The highest BCUT2D eigenvalue weighted by atomic mass is 19.1. The number of benzene rings is 1. The van der Waals surface area contributed by atoms with Crippen molar-refractivity contribution >= 4 is 11.6 Å². The van der Waals surface area contributed by atoms with Gasteiger partial charge in [0, 0.05) is 19.6 Å². The van der Waals surface area contributed by atoms with Crippen LogP contribution in [0.1, 0.15) is 0 Å². The second kappa shape index (κ2) is 5.25. The van der Waals surface area contributed by atoms with E-state index in [1.165, 1.54) is 6.07 Å². The lowest BCUT2D eigenvalue weighted by Gasteiger charge is -2.31. The lowest BCUT2D eigenvalue weighted by Crippen LogP contribution is -2.54. The van der Waals surface area contributed by atoms with E-state index in [0.717, 1.165) is 13.1 Å². The van der Waals surface area contributed by atoms with Crippen molar-refractivity contribution in [2.45, 2.75) is 6.04 Å². The number of carbonyl (C=O) groups is 1. The fourth-order valence-electron chi connectivity index (χ4n) is 1.88. The summed E-state index contributed by atoms with van der Waals surface area (Å²) in [7, 11) is 1.90. The molecule has 0 saturated carbocycles. The van der Waals surface area contributed by atoms with Crippen LogP contribution in [0, 0.1) is 5.82 Å². The Morgan fingerprint density at radius 3 is 3.00 bits per heavy atom. The van der Waals surface area contributed by atoms with E-state index >= 15 is 0 Å². The third-order valence-corrected chi connectivity index (χ3v) is 2.95. The molecule has 1 amide bonds. The predicted octanol–water partition coefficient (Wildman–Crippen LogP) is 0.668. The molecule has 1 atom stereocenters. The van der Waals surface area contributed by atoms with Gasteiger partial charge < -0.3 is 10.6 Å². The van der Waals surface area contributed by atoms with Crippen molar-refractivity contribution in [3.05, 3.63) is 30.1 Å². The zero-order valence-corrected chi connectivity index (χ0v) is 9.74. The zero-order chi connectivity index (χ0) is 12.3. The van der Waals surface area contributed by atoms with Gasteiger partial charge in [-0.05, 0) is 19.2 Å². The molecule has 2 rings (SSSR count). The van der Waals surface area contributed by atoms with E-state index in [4.69, 9.17) is 0 Å². The summed E-state index contributed by atoms with van der Waals surface area (Å²) in [5, 5.41) is 5.77. The molecule has 0 aliphatic carbocycles. The molecule has 1 aromatic carbocycles. The molecule has 5 heteroatoms. The number of carbonyl (C=O) groups excluding carboxylic acids is 1. The minimum absolute atomic E-state index is 0.176. The van der Waals surface area contributed by atoms with E-state index in [9.17, 15) is 9.18 Å². The molecular weight excluding hydrogens is 221 g/mol. The first-order chi connectivity index (χ1) is 8.18. The van der Waals surface area contributed by atoms with Crippen LogP contribution in [0.15, 0.2) is 24.3 Å². The van der Waals surface area contributed by atoms with E-state index < -0.39 is 5.82 Å². The minimum atomic E-state index is -0.410. The summed E-state index contributed by atoms with van der Waals surface area (Å²) < 4.78 is 13.4. The Labute approximate surface area is 99.8 Å². The number of para-hydroxylation sites is 1. The summed E-state index contributed by atoms with van der Waals surface area (Å²) in [5.74, 6) is -0.586. The predicted molar refractivity (Wildman–Crippen MR) is 64.3 cm³/mol. The number of nitrogens with one attached hydrogen (secondary N) is 2. The van der Waals surface area contributed by atoms with E-state index in [1.807, 2.05) is 11.9 Å². The lowest BCUT2D eigenvalue weighted by atomic mass is 10.2. The monoisotopic (exact) mass is 237 g/mol. The van der Waals surface area contributed by atoms with Crippen molar-refractivity contribution in [2.75, 3.05) is 32.0 Å². The third kappa shape index (κ3) is 2.81. The van der Waals surface area contributed by atoms with Crippen LogP contribution in [-0.2, 0) is 4.79 Å². The van der Waals surface area contributed by atoms with Gasteiger partial charge in [0.1, 0.15) is 11.9 Å². The van der Waals surface area contributed by atoms with Crippen molar-refractivity contribution in [3.63, 3.8) is 0 Å². The van der Waals surface area contributed by atoms with Crippen molar-refractivity contribution in [3.8, 4) is 0 Å². The third-order valence-electron chi connectivity index (χ3n) is 2.95. The largest absolute Gasteiger partial charge is 0.322 e. The van der Waals surface area contributed by atoms with Gasteiger partial charge in [0.25, 0.3) is 0 Å². The molecule has 0 radical (unpaired) electrons. The maximum absolute atomic E-state index is 13.4. The van der Waals surface area contributed by atoms with Crippen molar-refractivity contribution < 1.29 is 9.18 Å². The van der Waals surface area contributed by atoms with E-state index in [0.29, 0.717) is 6.54 Å². The van der Waals surface area contributed by atoms with Crippen LogP contribution < -0.4 is 10.6 Å². The number of halogens is 1. The maximum Gasteiger partial charge on any atom is 0.243 e. The molecule has 1 unspecified atom stereocenters. The van der Waals surface area contributed by atoms with Crippen LogP contribution in [0.5, 0.6) is 0 Å². The Morgan fingerprint density at radius 2 is 2.29 bits per heavy atom. The molecule has 0 bridgehead atoms. The van der Waals surface area contributed by atoms with Gasteiger partial charge in [0.05, 0.1) is 5.69 Å². The molecule has 1 saturated heterocycles. The fourth-order valence-corrected chi connectivity index (χ4v) is 1.88. The molecule has 1 heterocycles. The second-order valence-corrected chi connectivity index (χ2v) is 4.17. The summed E-state index contributed by atoms with van der Waals surface area (Å²) in [6.07, 6.45) is 0. The molecule has 17 heavy (non-hydrogen) atoms. The first kappa shape index (κ1) is 12.0. The normalized spacial score (nSPS) is 21.2. The van der Waals surface area contributed by atoms with E-state index in [2.05, 4.69) is 10.6 Å². The molecule has 4 nitrogen and oxygen atoms in total. The smallest absolute Gasteiger partial charge is 0.243 e. The van der Waals surface area contributed by atoms with Crippen LogP contribution in [-0.4, -0.2) is 43.5 Å². The molecule has 0 spiro atoms. The molecule has 1 aliphatic rings. The first-order valence-electron chi connectivity index (χ1n) is 5.65. The number of piperazine rings is 1. The van der Waals surface area contributed by atoms with Gasteiger partial charge in [-0.25, -0.2) is 4.39 Å². The molecular formula is C12H16FN3O. The van der Waals surface area contributed by atoms with Gasteiger partial charge in [-0.2, -0.15) is 0 Å². The lowest BCUT2D eigenvalue weighted by molar-refractivity contribution is -0.121. The van der Waals surface area contributed by atoms with Crippen molar-refractivity contribution in [1.82, 2.24) is 10.2 Å². The van der Waals surface area contributed by atoms with Gasteiger partial charge in [-0.1, -0.05) is 12.1 Å². The average molecular weight is 237 g/mol. The van der Waals surface area contributed by atoms with Gasteiger partial charge in [-0.3, -0.25) is 9.69 Å². The number of hydrogen-bond acceptors (Lipinski definition) is 3. The number of hydrogen-bond donors (Lipinski definition) is 2. The van der Waals surface area contributed by atoms with Gasteiger partial charge in [-0.15, -0.1) is 0 Å². The van der Waals surface area contributed by atoms with Crippen LogP contribution in [0.4, 0.5) is 10.1 Å². The first-order valence-corrected chi connectivity index (χ1v) is 5.65. The quantitative estimate of drug-likeness (QED) is 0.794. The van der Waals surface area contributed by atoms with Gasteiger partial charge in [0.15, 0.2) is 0 Å². The Hall–Kier alpha value is -1.46. The Kier molecular flexibility index (Phi) is 3.71. The van der Waals surface area contributed by atoms with Crippen molar-refractivity contribution in [1.29, 1.82) is 0 Å². The van der Waals surface area contributed by atoms with Crippen LogP contribution >= 0.6 is 0 Å². The molecule has 0 aromatic heterocycles. The Balaban J connectivity index is 2.03. The van der Waals surface area contributed by atoms with Gasteiger partial charge >= 0.3 is 0 Å². The van der Waals surface area contributed by atoms with Crippen LogP contribution in [0.25, 0.3) is 0 Å². The summed E-state index contributed by atoms with van der Waals surface area (Å²) in [6.45, 7) is 2.28. The molecule has 92 valence electrons. The summed E-state index contributed by atoms with van der Waals surface area (Å²) in [4.78, 5) is 13.9. The molecule has 1 fully saturated rings. The maximum atomic E-state index is 13.4. The number of anilines is 1. The number of rotatable bonds is 2. The highest BCUT2D eigenvalue weighted by molar-refractivity contribution is 5.95. The van der Waals surface area contributed by atoms with E-state index in [-0.39, 0.29) is 17.6 Å². The van der Waals surface area contributed by atoms with E-state index in [1.54, 1.807) is 18.2 Å². The molecule has 1 aliphatic heterocycles. The number of likely N-dealkylation sites (N-methyl/N-ethyl adjacent to an activating group) is 1. The number of amides is 1. The second-order valence-electron chi connectivity index (χ2n) is 4.17. The average Bonchev–Trinajstić information content (AvgIpc) is 2.32. The van der Waals surface area contributed by atoms with Crippen LogP contribution in [0.2, 0.25) is 0 Å². The topological polar surface area (TPSA) is 44.4 Å². The highest BCUT2D eigenvalue weighted by Gasteiger charge is 2.26. The van der Waals surface area contributed by atoms with Gasteiger partial charge in [0.2, 0.25) is 5.91 Å². The Morgan fingerprint density at radius 1 is 1.53 bits per heavy atom. The number of nitrogens with zero attached hydrogens (tertiary/aromatic N) is 1. The highest BCUT2D eigenvalue weighted by Crippen LogP contribution is 2.13. The Bertz CT molecular complexity index is 410. The van der Waals surface area contributed by atoms with Crippen LogP contribution in [0.3, 0.4) is 0 Å². The summed E-state index contributed by atoms with van der Waals surface area (Å²) in [6, 6.07) is 5.94. The SMILES string of the molecule is CN1CCNCC1C(=O)Nc1ccccc1F. The molecule has 2 N–H and O–H groups in total. The zero-order valence-electron chi connectivity index (χ0n) is 9.74. The summed E-state index contributed by atoms with van der Waals surface area (Å²) in [5.41, 5.74) is 0.233. The standard InChI is InChI=1S/C12H16FN3O/c1-16-7-6-14-8-11(16)12(17)15-10-5-3-2-4-9(10)13/h2-5,11,14H,6-8H2,1H3,(H,15,17). The molecule has 1 aromatic rings.